The van der Waals surface area contributed by atoms with Crippen molar-refractivity contribution in [3.63, 3.8) is 0 Å². The fourth-order valence-corrected chi connectivity index (χ4v) is 4.17. The Morgan fingerprint density at radius 3 is 2.62 bits per heavy atom. The van der Waals surface area contributed by atoms with E-state index in [-0.39, 0.29) is 11.9 Å². The maximum Gasteiger partial charge on any atom is 0.241 e. The maximum atomic E-state index is 12.8. The number of nitrogens with one attached hydrogen (secondary N) is 1. The Hall–Kier alpha value is -2.50. The lowest BCUT2D eigenvalue weighted by atomic mass is 9.98. The van der Waals surface area contributed by atoms with Crippen LogP contribution in [0.5, 0.6) is 0 Å². The molecule has 2 aromatic carbocycles. The zero-order chi connectivity index (χ0) is 20.4. The van der Waals surface area contributed by atoms with E-state index in [9.17, 15) is 4.79 Å². The second-order valence-electron chi connectivity index (χ2n) is 7.56. The van der Waals surface area contributed by atoms with Crippen LogP contribution in [0, 0.1) is 6.92 Å². The lowest BCUT2D eigenvalue weighted by Crippen LogP contribution is -2.44. The number of pyridine rings is 1. The molecule has 1 N–H and O–H groups in total. The van der Waals surface area contributed by atoms with E-state index in [1.54, 1.807) is 0 Å². The Bertz CT molecular complexity index is 1030. The van der Waals surface area contributed by atoms with E-state index >= 15 is 0 Å². The van der Waals surface area contributed by atoms with Crippen LogP contribution in [-0.2, 0) is 17.8 Å². The number of aromatic nitrogens is 1. The smallest absolute Gasteiger partial charge is 0.241 e. The standard InChI is InChI=1S/C24H24BrN3O/c1-16-13-20(9-11-26-16)18-4-7-23(8-5-18)27-24(29)17(2)28-12-10-19-3-6-22(25)14-21(19)15-28/h3-9,11,13-14,17H,10,12,15H2,1-2H3,(H,27,29). The Kier molecular flexibility index (Phi) is 5.79. The summed E-state index contributed by atoms with van der Waals surface area (Å²) in [6.07, 6.45) is 2.79. The summed E-state index contributed by atoms with van der Waals surface area (Å²) in [7, 11) is 0. The van der Waals surface area contributed by atoms with E-state index in [4.69, 9.17) is 0 Å². The molecular formula is C24H24BrN3O. The van der Waals surface area contributed by atoms with Crippen molar-refractivity contribution < 1.29 is 4.79 Å². The highest BCUT2D eigenvalue weighted by molar-refractivity contribution is 9.10. The number of rotatable bonds is 4. The number of fused-ring (bicyclic) bond motifs is 1. The summed E-state index contributed by atoms with van der Waals surface area (Å²) in [5.74, 6) is 0.0240. The van der Waals surface area contributed by atoms with Crippen molar-refractivity contribution in [2.45, 2.75) is 32.9 Å². The van der Waals surface area contributed by atoms with Gasteiger partial charge in [-0.25, -0.2) is 0 Å². The van der Waals surface area contributed by atoms with E-state index < -0.39 is 0 Å². The average molecular weight is 450 g/mol. The van der Waals surface area contributed by atoms with E-state index in [2.05, 4.69) is 55.4 Å². The van der Waals surface area contributed by atoms with Gasteiger partial charge in [0.1, 0.15) is 0 Å². The van der Waals surface area contributed by atoms with Crippen molar-refractivity contribution in [3.05, 3.63) is 82.1 Å². The number of halogens is 1. The minimum absolute atomic E-state index is 0.0240. The number of anilines is 1. The van der Waals surface area contributed by atoms with Crippen LogP contribution in [0.4, 0.5) is 5.69 Å². The van der Waals surface area contributed by atoms with Gasteiger partial charge >= 0.3 is 0 Å². The Balaban J connectivity index is 1.41. The van der Waals surface area contributed by atoms with Crippen molar-refractivity contribution in [1.82, 2.24) is 9.88 Å². The summed E-state index contributed by atoms with van der Waals surface area (Å²) >= 11 is 3.55. The number of amides is 1. The minimum Gasteiger partial charge on any atom is -0.325 e. The highest BCUT2D eigenvalue weighted by Gasteiger charge is 2.25. The molecule has 1 amide bonds. The molecule has 29 heavy (non-hydrogen) atoms. The van der Waals surface area contributed by atoms with Crippen molar-refractivity contribution in [3.8, 4) is 11.1 Å². The number of nitrogens with zero attached hydrogens (tertiary/aromatic N) is 2. The molecule has 1 aliphatic heterocycles. The van der Waals surface area contributed by atoms with Crippen LogP contribution in [0.15, 0.2) is 65.3 Å². The largest absolute Gasteiger partial charge is 0.325 e. The fraction of sp³-hybridized carbons (Fsp3) is 0.250. The van der Waals surface area contributed by atoms with Crippen LogP contribution in [0.1, 0.15) is 23.7 Å². The number of hydrogen-bond donors (Lipinski definition) is 1. The topological polar surface area (TPSA) is 45.2 Å². The summed E-state index contributed by atoms with van der Waals surface area (Å²) in [4.78, 5) is 19.3. The van der Waals surface area contributed by atoms with Crippen molar-refractivity contribution in [1.29, 1.82) is 0 Å². The van der Waals surface area contributed by atoms with Gasteiger partial charge in [-0.1, -0.05) is 34.1 Å². The maximum absolute atomic E-state index is 12.8. The molecule has 0 aliphatic carbocycles. The number of benzene rings is 2. The summed E-state index contributed by atoms with van der Waals surface area (Å²) in [5, 5.41) is 3.06. The van der Waals surface area contributed by atoms with Gasteiger partial charge < -0.3 is 5.32 Å². The molecule has 0 radical (unpaired) electrons. The minimum atomic E-state index is -0.190. The highest BCUT2D eigenvalue weighted by Crippen LogP contribution is 2.25. The van der Waals surface area contributed by atoms with Gasteiger partial charge in [-0.2, -0.15) is 0 Å². The van der Waals surface area contributed by atoms with Crippen LogP contribution in [0.25, 0.3) is 11.1 Å². The second kappa shape index (κ2) is 8.47. The quantitative estimate of drug-likeness (QED) is 0.594. The summed E-state index contributed by atoms with van der Waals surface area (Å²) in [6, 6.07) is 18.3. The molecule has 0 fully saturated rings. The van der Waals surface area contributed by atoms with Crippen LogP contribution in [0.2, 0.25) is 0 Å². The highest BCUT2D eigenvalue weighted by atomic mass is 79.9. The molecule has 0 bridgehead atoms. The van der Waals surface area contributed by atoms with Crippen molar-refractivity contribution in [2.24, 2.45) is 0 Å². The monoisotopic (exact) mass is 449 g/mol. The molecule has 5 heteroatoms. The van der Waals surface area contributed by atoms with Crippen molar-refractivity contribution >= 4 is 27.5 Å². The van der Waals surface area contributed by atoms with Crippen LogP contribution >= 0.6 is 15.9 Å². The van der Waals surface area contributed by atoms with Gasteiger partial charge in [0.15, 0.2) is 0 Å². The van der Waals surface area contributed by atoms with Gasteiger partial charge in [0, 0.05) is 35.1 Å². The molecule has 4 rings (SSSR count). The molecule has 4 nitrogen and oxygen atoms in total. The first-order valence-electron chi connectivity index (χ1n) is 9.85. The van der Waals surface area contributed by atoms with E-state index in [1.165, 1.54) is 11.1 Å². The lowest BCUT2D eigenvalue weighted by molar-refractivity contribution is -0.121. The van der Waals surface area contributed by atoms with Gasteiger partial charge in [0.2, 0.25) is 5.91 Å². The van der Waals surface area contributed by atoms with E-state index in [1.807, 2.05) is 50.4 Å². The number of carbonyl (C=O) groups excluding carboxylic acids is 1. The van der Waals surface area contributed by atoms with E-state index in [0.29, 0.717) is 0 Å². The summed E-state index contributed by atoms with van der Waals surface area (Å²) in [5.41, 5.74) is 6.71. The van der Waals surface area contributed by atoms with Gasteiger partial charge in [-0.05, 0) is 78.9 Å². The zero-order valence-electron chi connectivity index (χ0n) is 16.7. The predicted molar refractivity (Wildman–Crippen MR) is 121 cm³/mol. The first kappa shape index (κ1) is 19.8. The van der Waals surface area contributed by atoms with Gasteiger partial charge in [-0.15, -0.1) is 0 Å². The third-order valence-corrected chi connectivity index (χ3v) is 6.01. The number of aryl methyl sites for hydroxylation is 1. The lowest BCUT2D eigenvalue weighted by Gasteiger charge is -2.33. The zero-order valence-corrected chi connectivity index (χ0v) is 18.2. The van der Waals surface area contributed by atoms with Crippen molar-refractivity contribution in [2.75, 3.05) is 11.9 Å². The van der Waals surface area contributed by atoms with Crippen LogP contribution < -0.4 is 5.32 Å². The molecule has 3 aromatic rings. The molecule has 1 atom stereocenters. The Morgan fingerprint density at radius 1 is 1.07 bits per heavy atom. The van der Waals surface area contributed by atoms with Gasteiger partial charge in [0.25, 0.3) is 0 Å². The van der Waals surface area contributed by atoms with Crippen LogP contribution in [-0.4, -0.2) is 28.4 Å². The molecular weight excluding hydrogens is 426 g/mol. The molecule has 1 unspecified atom stereocenters. The molecule has 1 aromatic heterocycles. The summed E-state index contributed by atoms with van der Waals surface area (Å²) in [6.45, 7) is 5.65. The number of hydrogen-bond acceptors (Lipinski definition) is 3. The molecule has 148 valence electrons. The second-order valence-corrected chi connectivity index (χ2v) is 8.48. The predicted octanol–water partition coefficient (Wildman–Crippen LogP) is 5.20. The third kappa shape index (κ3) is 4.57. The van der Waals surface area contributed by atoms with Gasteiger partial charge in [0.05, 0.1) is 6.04 Å². The SMILES string of the molecule is Cc1cc(-c2ccc(NC(=O)C(C)N3CCc4ccc(Br)cc4C3)cc2)ccn1. The van der Waals surface area contributed by atoms with Gasteiger partial charge in [-0.3, -0.25) is 14.7 Å². The third-order valence-electron chi connectivity index (χ3n) is 5.52. The average Bonchev–Trinajstić information content (AvgIpc) is 2.73. The number of carbonyl (C=O) groups is 1. The normalized spacial score (nSPS) is 14.9. The molecule has 0 saturated carbocycles. The van der Waals surface area contributed by atoms with Crippen LogP contribution in [0.3, 0.4) is 0 Å². The van der Waals surface area contributed by atoms with E-state index in [0.717, 1.165) is 46.5 Å². The molecule has 0 saturated heterocycles. The summed E-state index contributed by atoms with van der Waals surface area (Å²) < 4.78 is 1.08. The molecule has 2 heterocycles. The fourth-order valence-electron chi connectivity index (χ4n) is 3.76. The first-order chi connectivity index (χ1) is 14.0. The first-order valence-corrected chi connectivity index (χ1v) is 10.6. The Morgan fingerprint density at radius 2 is 1.86 bits per heavy atom. The molecule has 1 aliphatic rings. The molecule has 0 spiro atoms. The Labute approximate surface area is 180 Å².